The maximum Gasteiger partial charge on any atom is 0.170 e. The Kier molecular flexibility index (Phi) is 3.40. The molecule has 1 aliphatic heterocycles. The molecule has 0 saturated carbocycles. The zero-order valence-electron chi connectivity index (χ0n) is 10.2. The topological polar surface area (TPSA) is 26.3 Å². The molecule has 102 valence electrons. The number of fused-ring (bicyclic) bond motifs is 1. The number of hydrogen-bond donors (Lipinski definition) is 0. The van der Waals surface area contributed by atoms with Gasteiger partial charge in [-0.05, 0) is 42.0 Å². The normalized spacial score (nSPS) is 17.6. The van der Waals surface area contributed by atoms with Crippen molar-refractivity contribution in [2.45, 2.75) is 12.5 Å². The second-order valence-electron chi connectivity index (χ2n) is 4.58. The van der Waals surface area contributed by atoms with Crippen LogP contribution in [0.15, 0.2) is 36.4 Å². The molecule has 1 aliphatic rings. The number of ether oxygens (including phenoxy) is 1. The predicted octanol–water partition coefficient (Wildman–Crippen LogP) is 4.84. The van der Waals surface area contributed by atoms with Crippen molar-refractivity contribution in [2.24, 2.45) is 0 Å². The van der Waals surface area contributed by atoms with Gasteiger partial charge < -0.3 is 4.74 Å². The van der Waals surface area contributed by atoms with Crippen LogP contribution < -0.4 is 4.74 Å². The summed E-state index contributed by atoms with van der Waals surface area (Å²) in [6, 6.07) is 9.00. The van der Waals surface area contributed by atoms with Crippen molar-refractivity contribution in [1.82, 2.24) is 0 Å². The number of ketones is 1. The van der Waals surface area contributed by atoms with Crippen LogP contribution in [0.25, 0.3) is 0 Å². The third-order valence-electron chi connectivity index (χ3n) is 3.14. The molecule has 0 radical (unpaired) electrons. The Labute approximate surface area is 125 Å². The largest absolute Gasteiger partial charge is 0.484 e. The molecule has 2 nitrogen and oxygen atoms in total. The fourth-order valence-electron chi connectivity index (χ4n) is 2.24. The van der Waals surface area contributed by atoms with Gasteiger partial charge in [0.15, 0.2) is 5.78 Å². The zero-order chi connectivity index (χ0) is 14.3. The molecule has 20 heavy (non-hydrogen) atoms. The SMILES string of the molecule is O=C1CC(c2cc(F)cc(Cl)c2)Oc2ccc(Cl)cc21. The molecule has 3 rings (SSSR count). The molecular weight excluding hydrogens is 302 g/mol. The molecular formula is C15H9Cl2FO2. The molecule has 0 fully saturated rings. The van der Waals surface area contributed by atoms with Gasteiger partial charge in [-0.3, -0.25) is 4.79 Å². The van der Waals surface area contributed by atoms with E-state index in [1.807, 2.05) is 0 Å². The first-order valence-corrected chi connectivity index (χ1v) is 6.74. The summed E-state index contributed by atoms with van der Waals surface area (Å²) in [5.74, 6) is -0.0828. The summed E-state index contributed by atoms with van der Waals surface area (Å²) < 4.78 is 19.1. The highest BCUT2D eigenvalue weighted by molar-refractivity contribution is 6.31. The number of hydrogen-bond acceptors (Lipinski definition) is 2. The van der Waals surface area contributed by atoms with Crippen molar-refractivity contribution in [3.8, 4) is 5.75 Å². The third kappa shape index (κ3) is 2.51. The smallest absolute Gasteiger partial charge is 0.170 e. The van der Waals surface area contributed by atoms with Crippen LogP contribution in [0.4, 0.5) is 4.39 Å². The average molecular weight is 311 g/mol. The van der Waals surface area contributed by atoms with E-state index in [1.54, 1.807) is 24.3 Å². The lowest BCUT2D eigenvalue weighted by atomic mass is 9.96. The van der Waals surface area contributed by atoms with E-state index in [4.69, 9.17) is 27.9 Å². The molecule has 1 unspecified atom stereocenters. The lowest BCUT2D eigenvalue weighted by Crippen LogP contribution is -2.20. The van der Waals surface area contributed by atoms with Crippen LogP contribution in [-0.4, -0.2) is 5.78 Å². The van der Waals surface area contributed by atoms with Gasteiger partial charge in [0.1, 0.15) is 17.7 Å². The number of carbonyl (C=O) groups excluding carboxylic acids is 1. The second kappa shape index (κ2) is 5.08. The Morgan fingerprint density at radius 3 is 2.65 bits per heavy atom. The highest BCUT2D eigenvalue weighted by Gasteiger charge is 2.28. The van der Waals surface area contributed by atoms with E-state index >= 15 is 0 Å². The Morgan fingerprint density at radius 2 is 1.90 bits per heavy atom. The Balaban J connectivity index is 1.99. The Morgan fingerprint density at radius 1 is 1.10 bits per heavy atom. The maximum absolute atomic E-state index is 13.4. The highest BCUT2D eigenvalue weighted by Crippen LogP contribution is 2.36. The molecule has 0 amide bonds. The molecule has 0 bridgehead atoms. The molecule has 0 aromatic heterocycles. The van der Waals surface area contributed by atoms with Crippen LogP contribution >= 0.6 is 23.2 Å². The Bertz CT molecular complexity index is 680. The molecule has 2 aromatic carbocycles. The van der Waals surface area contributed by atoms with Gasteiger partial charge in [-0.15, -0.1) is 0 Å². The number of rotatable bonds is 1. The van der Waals surface area contributed by atoms with Crippen molar-refractivity contribution in [2.75, 3.05) is 0 Å². The summed E-state index contributed by atoms with van der Waals surface area (Å²) in [5, 5.41) is 0.755. The van der Waals surface area contributed by atoms with Crippen LogP contribution in [0.1, 0.15) is 28.4 Å². The van der Waals surface area contributed by atoms with Gasteiger partial charge in [0.25, 0.3) is 0 Å². The molecule has 1 atom stereocenters. The summed E-state index contributed by atoms with van der Waals surface area (Å²) in [5.41, 5.74) is 1.00. The van der Waals surface area contributed by atoms with Gasteiger partial charge in [-0.1, -0.05) is 23.2 Å². The van der Waals surface area contributed by atoms with E-state index in [0.717, 1.165) is 0 Å². The maximum atomic E-state index is 13.4. The third-order valence-corrected chi connectivity index (χ3v) is 3.59. The number of Topliss-reactive ketones (excluding diaryl/α,β-unsaturated/α-hetero) is 1. The van der Waals surface area contributed by atoms with Gasteiger partial charge in [0.2, 0.25) is 0 Å². The number of benzene rings is 2. The minimum absolute atomic E-state index is 0.0841. The van der Waals surface area contributed by atoms with Gasteiger partial charge in [-0.25, -0.2) is 4.39 Å². The number of carbonyl (C=O) groups is 1. The molecule has 0 spiro atoms. The van der Waals surface area contributed by atoms with Crippen LogP contribution in [0.3, 0.4) is 0 Å². The van der Waals surface area contributed by atoms with Crippen molar-refractivity contribution >= 4 is 29.0 Å². The van der Waals surface area contributed by atoms with E-state index in [0.29, 0.717) is 21.9 Å². The van der Waals surface area contributed by atoms with Crippen LogP contribution in [0, 0.1) is 5.82 Å². The first-order chi connectivity index (χ1) is 9.52. The standard InChI is InChI=1S/C15H9Cl2FO2/c16-9-1-2-14-12(6-9)13(19)7-15(20-14)8-3-10(17)5-11(18)4-8/h1-6,15H,7H2. The minimum Gasteiger partial charge on any atom is -0.484 e. The van der Waals surface area contributed by atoms with Crippen LogP contribution in [0.5, 0.6) is 5.75 Å². The molecule has 2 aromatic rings. The molecule has 5 heteroatoms. The summed E-state index contributed by atoms with van der Waals surface area (Å²) in [4.78, 5) is 12.1. The highest BCUT2D eigenvalue weighted by atomic mass is 35.5. The van der Waals surface area contributed by atoms with E-state index < -0.39 is 11.9 Å². The Hall–Kier alpha value is -1.58. The quantitative estimate of drug-likeness (QED) is 0.753. The lowest BCUT2D eigenvalue weighted by molar-refractivity contribution is 0.0849. The minimum atomic E-state index is -0.538. The number of halogens is 3. The van der Waals surface area contributed by atoms with Gasteiger partial charge in [0.05, 0.1) is 12.0 Å². The summed E-state index contributed by atoms with van der Waals surface area (Å²) in [6.07, 6.45) is -0.406. The summed E-state index contributed by atoms with van der Waals surface area (Å²) in [6.45, 7) is 0. The van der Waals surface area contributed by atoms with Crippen molar-refractivity contribution < 1.29 is 13.9 Å². The zero-order valence-corrected chi connectivity index (χ0v) is 11.7. The predicted molar refractivity (Wildman–Crippen MR) is 75.2 cm³/mol. The van der Waals surface area contributed by atoms with Crippen LogP contribution in [-0.2, 0) is 0 Å². The first kappa shape index (κ1) is 13.4. The van der Waals surface area contributed by atoms with Gasteiger partial charge in [0, 0.05) is 10.0 Å². The summed E-state index contributed by atoms with van der Waals surface area (Å²) in [7, 11) is 0. The summed E-state index contributed by atoms with van der Waals surface area (Å²) >= 11 is 11.7. The molecule has 0 saturated heterocycles. The molecule has 1 heterocycles. The average Bonchev–Trinajstić information content (AvgIpc) is 2.38. The molecule has 0 aliphatic carbocycles. The van der Waals surface area contributed by atoms with Crippen LogP contribution in [0.2, 0.25) is 10.0 Å². The van der Waals surface area contributed by atoms with E-state index in [2.05, 4.69) is 0 Å². The second-order valence-corrected chi connectivity index (χ2v) is 5.45. The van der Waals surface area contributed by atoms with Gasteiger partial charge >= 0.3 is 0 Å². The first-order valence-electron chi connectivity index (χ1n) is 5.98. The van der Waals surface area contributed by atoms with E-state index in [1.165, 1.54) is 12.1 Å². The van der Waals surface area contributed by atoms with Gasteiger partial charge in [-0.2, -0.15) is 0 Å². The fraction of sp³-hybridized carbons (Fsp3) is 0.133. The fourth-order valence-corrected chi connectivity index (χ4v) is 2.65. The molecule has 0 N–H and O–H groups in total. The monoisotopic (exact) mass is 310 g/mol. The van der Waals surface area contributed by atoms with Crippen molar-refractivity contribution in [3.05, 3.63) is 63.4 Å². The van der Waals surface area contributed by atoms with E-state index in [-0.39, 0.29) is 17.2 Å². The van der Waals surface area contributed by atoms with E-state index in [9.17, 15) is 9.18 Å². The lowest BCUT2D eigenvalue weighted by Gasteiger charge is -2.25. The van der Waals surface area contributed by atoms with Crippen molar-refractivity contribution in [3.63, 3.8) is 0 Å². The van der Waals surface area contributed by atoms with Crippen molar-refractivity contribution in [1.29, 1.82) is 0 Å².